The van der Waals surface area contributed by atoms with Crippen LogP contribution in [-0.2, 0) is 6.18 Å². The number of nitrogens with two attached hydrogens (primary N) is 1. The van der Waals surface area contributed by atoms with Crippen LogP contribution in [0.25, 0.3) is 16.8 Å². The van der Waals surface area contributed by atoms with E-state index in [9.17, 15) is 18.0 Å². The van der Waals surface area contributed by atoms with Gasteiger partial charge in [0.1, 0.15) is 23.6 Å². The van der Waals surface area contributed by atoms with Crippen molar-refractivity contribution in [2.24, 2.45) is 0 Å². The number of benzene rings is 1. The van der Waals surface area contributed by atoms with E-state index in [1.54, 1.807) is 0 Å². The number of fused-ring (bicyclic) bond motifs is 2. The van der Waals surface area contributed by atoms with Gasteiger partial charge in [0.25, 0.3) is 5.91 Å². The summed E-state index contributed by atoms with van der Waals surface area (Å²) >= 11 is 0. The number of nitrogen functional groups attached to an aromatic ring is 1. The number of likely N-dealkylation sites (tertiary alicyclic amines) is 1. The fraction of sp³-hybridized carbons (Fsp3) is 0.357. The lowest BCUT2D eigenvalue weighted by Crippen LogP contribution is -2.41. The predicted octanol–water partition coefficient (Wildman–Crippen LogP) is 4.40. The van der Waals surface area contributed by atoms with Gasteiger partial charge in [-0.15, -0.1) is 0 Å². The zero-order valence-electron chi connectivity index (χ0n) is 22.2. The van der Waals surface area contributed by atoms with E-state index in [4.69, 9.17) is 10.5 Å². The standard InChI is InChI=1S/C28H27F4N7O2/c1-14-7-23(17-6-4-3-5-16(14)17)38-11-20(29)21(12-38)37-26(40)18-8-15(10-34-27(18)41-2)22-9-19(28(30,31)32)24-25(33)35-13-36-39(22)24/h3-6,8-10,13-14,20-21,23H,7,11-12H2,1-2H3,(H,37,40)(H2,33,35,36)/t14?,20-,21?,23?/m0/s1. The van der Waals surface area contributed by atoms with Crippen LogP contribution in [0.4, 0.5) is 23.4 Å². The van der Waals surface area contributed by atoms with Crippen molar-refractivity contribution in [2.45, 2.75) is 43.7 Å². The Morgan fingerprint density at radius 3 is 2.63 bits per heavy atom. The monoisotopic (exact) mass is 569 g/mol. The summed E-state index contributed by atoms with van der Waals surface area (Å²) < 4.78 is 62.9. The molecule has 41 heavy (non-hydrogen) atoms. The van der Waals surface area contributed by atoms with Gasteiger partial charge in [-0.1, -0.05) is 31.2 Å². The normalized spacial score (nSPS) is 22.7. The number of ether oxygens (including phenoxy) is 1. The van der Waals surface area contributed by atoms with Crippen molar-refractivity contribution in [3.8, 4) is 17.1 Å². The van der Waals surface area contributed by atoms with Gasteiger partial charge in [-0.3, -0.25) is 9.69 Å². The largest absolute Gasteiger partial charge is 0.480 e. The van der Waals surface area contributed by atoms with E-state index in [1.165, 1.54) is 30.5 Å². The molecule has 0 radical (unpaired) electrons. The Balaban J connectivity index is 1.28. The number of alkyl halides is 4. The number of aromatic nitrogens is 4. The molecule has 1 saturated heterocycles. The van der Waals surface area contributed by atoms with Crippen LogP contribution in [0.5, 0.6) is 5.88 Å². The predicted molar refractivity (Wildman–Crippen MR) is 142 cm³/mol. The lowest BCUT2D eigenvalue weighted by molar-refractivity contribution is -0.136. The molecule has 0 saturated carbocycles. The van der Waals surface area contributed by atoms with Crippen LogP contribution in [0.2, 0.25) is 0 Å². The highest BCUT2D eigenvalue weighted by Crippen LogP contribution is 2.44. The quantitative estimate of drug-likeness (QED) is 0.343. The molecule has 4 heterocycles. The van der Waals surface area contributed by atoms with Crippen molar-refractivity contribution in [3.63, 3.8) is 0 Å². The average molecular weight is 570 g/mol. The van der Waals surface area contributed by atoms with Crippen LogP contribution < -0.4 is 15.8 Å². The number of anilines is 1. The van der Waals surface area contributed by atoms with Crippen LogP contribution in [0.15, 0.2) is 48.9 Å². The molecule has 4 aromatic rings. The topological polar surface area (TPSA) is 111 Å². The van der Waals surface area contributed by atoms with Gasteiger partial charge in [-0.2, -0.15) is 18.3 Å². The summed E-state index contributed by atoms with van der Waals surface area (Å²) in [6.45, 7) is 2.63. The molecule has 9 nitrogen and oxygen atoms in total. The van der Waals surface area contributed by atoms with Crippen molar-refractivity contribution < 1.29 is 27.1 Å². The van der Waals surface area contributed by atoms with E-state index in [-0.39, 0.29) is 41.1 Å². The number of amides is 1. The molecule has 0 spiro atoms. The molecule has 1 aliphatic carbocycles. The minimum atomic E-state index is -4.73. The lowest BCUT2D eigenvalue weighted by atomic mass is 10.0. The third-order valence-corrected chi connectivity index (χ3v) is 7.97. The number of halogens is 4. The summed E-state index contributed by atoms with van der Waals surface area (Å²) in [5.74, 6) is -0.709. The Bertz CT molecular complexity index is 1640. The van der Waals surface area contributed by atoms with Crippen molar-refractivity contribution in [1.29, 1.82) is 0 Å². The number of nitrogens with one attached hydrogen (secondary N) is 1. The van der Waals surface area contributed by atoms with E-state index in [0.29, 0.717) is 12.5 Å². The van der Waals surface area contributed by atoms with Crippen LogP contribution in [0, 0.1) is 0 Å². The maximum Gasteiger partial charge on any atom is 0.418 e. The van der Waals surface area contributed by atoms with Crippen molar-refractivity contribution in [1.82, 2.24) is 29.8 Å². The molecule has 3 unspecified atom stereocenters. The molecule has 1 amide bonds. The summed E-state index contributed by atoms with van der Waals surface area (Å²) in [7, 11) is 1.31. The number of carbonyl (C=O) groups excluding carboxylic acids is 1. The second-order valence-electron chi connectivity index (χ2n) is 10.5. The fourth-order valence-electron chi connectivity index (χ4n) is 6.03. The van der Waals surface area contributed by atoms with Gasteiger partial charge in [0.2, 0.25) is 5.88 Å². The third kappa shape index (κ3) is 4.63. The highest BCUT2D eigenvalue weighted by Gasteiger charge is 2.41. The molecule has 3 N–H and O–H groups in total. The van der Waals surface area contributed by atoms with Gasteiger partial charge in [0.15, 0.2) is 5.82 Å². The zero-order valence-corrected chi connectivity index (χ0v) is 22.2. The Labute approximate surface area is 232 Å². The summed E-state index contributed by atoms with van der Waals surface area (Å²) in [6, 6.07) is 9.62. The molecule has 2 aliphatic rings. The van der Waals surface area contributed by atoms with Crippen LogP contribution >= 0.6 is 0 Å². The number of rotatable bonds is 5. The molecule has 214 valence electrons. The van der Waals surface area contributed by atoms with Gasteiger partial charge >= 0.3 is 6.18 Å². The van der Waals surface area contributed by atoms with Gasteiger partial charge in [0.05, 0.1) is 24.4 Å². The number of nitrogens with zero attached hydrogens (tertiary/aromatic N) is 5. The number of hydrogen-bond acceptors (Lipinski definition) is 7. The summed E-state index contributed by atoms with van der Waals surface area (Å²) in [5, 5.41) is 6.70. The minimum Gasteiger partial charge on any atom is -0.480 e. The third-order valence-electron chi connectivity index (χ3n) is 7.97. The zero-order chi connectivity index (χ0) is 29.1. The van der Waals surface area contributed by atoms with E-state index >= 15 is 4.39 Å². The Hall–Kier alpha value is -4.26. The summed E-state index contributed by atoms with van der Waals surface area (Å²) in [4.78, 5) is 23.3. The first-order valence-corrected chi connectivity index (χ1v) is 13.1. The van der Waals surface area contributed by atoms with Gasteiger partial charge in [-0.25, -0.2) is 18.9 Å². The molecule has 1 fully saturated rings. The minimum absolute atomic E-state index is 0.00458. The van der Waals surface area contributed by atoms with E-state index in [1.807, 2.05) is 12.1 Å². The molecule has 0 bridgehead atoms. The van der Waals surface area contributed by atoms with Crippen molar-refractivity contribution >= 4 is 17.2 Å². The molecule has 1 aliphatic heterocycles. The second-order valence-corrected chi connectivity index (χ2v) is 10.5. The maximum absolute atomic E-state index is 15.3. The number of pyridine rings is 1. The summed E-state index contributed by atoms with van der Waals surface area (Å²) in [6.07, 6.45) is -2.87. The highest BCUT2D eigenvalue weighted by molar-refractivity contribution is 5.98. The number of hydrogen-bond donors (Lipinski definition) is 2. The SMILES string of the molecule is COc1ncc(-c2cc(C(F)(F)F)c3c(N)ncnn23)cc1C(=O)NC1CN(C2CC(C)c3ccccc32)C[C@@H]1F. The maximum atomic E-state index is 15.3. The van der Waals surface area contributed by atoms with Gasteiger partial charge < -0.3 is 15.8 Å². The van der Waals surface area contributed by atoms with Gasteiger partial charge in [-0.05, 0) is 35.6 Å². The second kappa shape index (κ2) is 9.98. The lowest BCUT2D eigenvalue weighted by Gasteiger charge is -2.24. The fourth-order valence-corrected chi connectivity index (χ4v) is 6.03. The first-order chi connectivity index (χ1) is 19.6. The van der Waals surface area contributed by atoms with Gasteiger partial charge in [0, 0.05) is 30.9 Å². The highest BCUT2D eigenvalue weighted by atomic mass is 19.4. The molecule has 13 heteroatoms. The smallest absolute Gasteiger partial charge is 0.418 e. The molecular formula is C28H27F4N7O2. The summed E-state index contributed by atoms with van der Waals surface area (Å²) in [5.41, 5.74) is 6.85. The van der Waals surface area contributed by atoms with Crippen LogP contribution in [0.1, 0.15) is 52.4 Å². The molecule has 1 aromatic carbocycles. The molecule has 4 atom stereocenters. The van der Waals surface area contributed by atoms with Crippen LogP contribution in [0.3, 0.4) is 0 Å². The van der Waals surface area contributed by atoms with Crippen molar-refractivity contribution in [2.75, 3.05) is 25.9 Å². The Morgan fingerprint density at radius 1 is 1.15 bits per heavy atom. The Kier molecular flexibility index (Phi) is 6.56. The first-order valence-electron chi connectivity index (χ1n) is 13.1. The molecular weight excluding hydrogens is 542 g/mol. The molecule has 3 aromatic heterocycles. The number of carbonyl (C=O) groups is 1. The average Bonchev–Trinajstić information content (AvgIpc) is 3.62. The van der Waals surface area contributed by atoms with E-state index < -0.39 is 35.4 Å². The number of methoxy groups -OCH3 is 1. The van der Waals surface area contributed by atoms with Crippen molar-refractivity contribution in [3.05, 3.63) is 71.2 Å². The first kappa shape index (κ1) is 26.9. The Morgan fingerprint density at radius 2 is 1.90 bits per heavy atom. The van der Waals surface area contributed by atoms with Crippen LogP contribution in [-0.4, -0.2) is 62.8 Å². The van der Waals surface area contributed by atoms with E-state index in [0.717, 1.165) is 23.3 Å². The van der Waals surface area contributed by atoms with E-state index in [2.05, 4.69) is 44.3 Å². The molecule has 6 rings (SSSR count).